The van der Waals surface area contributed by atoms with Gasteiger partial charge in [-0.05, 0) is 18.6 Å². The summed E-state index contributed by atoms with van der Waals surface area (Å²) in [5.74, 6) is 0.182. The third-order valence-corrected chi connectivity index (χ3v) is 7.17. The van der Waals surface area contributed by atoms with Gasteiger partial charge in [0.05, 0.1) is 16.7 Å². The fourth-order valence-corrected chi connectivity index (χ4v) is 5.50. The smallest absolute Gasteiger partial charge is 0.382 e. The summed E-state index contributed by atoms with van der Waals surface area (Å²) in [4.78, 5) is 7.56. The third-order valence-electron chi connectivity index (χ3n) is 5.24. The second-order valence-corrected chi connectivity index (χ2v) is 9.13. The van der Waals surface area contributed by atoms with Crippen LogP contribution in [0.4, 0.5) is 8.78 Å². The molecule has 0 saturated carbocycles. The van der Waals surface area contributed by atoms with Gasteiger partial charge in [-0.2, -0.15) is 14.0 Å². The molecule has 0 radical (unpaired) electrons. The summed E-state index contributed by atoms with van der Waals surface area (Å²) in [5.41, 5.74) is -3.01. The zero-order valence-corrected chi connectivity index (χ0v) is 17.1. The van der Waals surface area contributed by atoms with Crippen molar-refractivity contribution in [1.29, 1.82) is 5.26 Å². The van der Waals surface area contributed by atoms with Gasteiger partial charge in [-0.1, -0.05) is 0 Å². The van der Waals surface area contributed by atoms with Crippen LogP contribution in [0.3, 0.4) is 0 Å². The molecule has 0 bridgehead atoms. The monoisotopic (exact) mass is 449 g/mol. The zero-order chi connectivity index (χ0) is 22.4. The summed E-state index contributed by atoms with van der Waals surface area (Å²) in [5, 5.41) is 15.5. The lowest BCUT2D eigenvalue weighted by atomic mass is 9.96. The number of nitrogens with zero attached hydrogens (tertiary/aromatic N) is 3. The van der Waals surface area contributed by atoms with E-state index in [-0.39, 0.29) is 34.9 Å². The van der Waals surface area contributed by atoms with Crippen LogP contribution in [0.5, 0.6) is 11.5 Å². The van der Waals surface area contributed by atoms with Gasteiger partial charge in [-0.25, -0.2) is 8.42 Å². The Hall–Kier alpha value is -2.94. The fraction of sp³-hybridized carbons (Fsp3) is 0.350. The molecule has 0 amide bonds. The van der Waals surface area contributed by atoms with Crippen molar-refractivity contribution >= 4 is 15.5 Å². The van der Waals surface area contributed by atoms with Crippen LogP contribution in [0, 0.1) is 11.3 Å². The highest BCUT2D eigenvalue weighted by Crippen LogP contribution is 2.61. The molecular formula is C20H17F2N3O5S. The fourth-order valence-electron chi connectivity index (χ4n) is 3.82. The number of aliphatic hydroxyl groups is 1. The van der Waals surface area contributed by atoms with Crippen LogP contribution in [0.2, 0.25) is 0 Å². The maximum atomic E-state index is 14.9. The van der Waals surface area contributed by atoms with E-state index < -0.39 is 37.6 Å². The Bertz CT molecular complexity index is 1240. The Labute approximate surface area is 176 Å². The normalized spacial score (nSPS) is 23.5. The van der Waals surface area contributed by atoms with Gasteiger partial charge >= 0.3 is 5.25 Å². The third kappa shape index (κ3) is 3.02. The number of benzene rings is 1. The molecule has 0 fully saturated rings. The summed E-state index contributed by atoms with van der Waals surface area (Å²) in [7, 11) is -3.57. The maximum Gasteiger partial charge on any atom is 0.382 e. The number of pyridine rings is 1. The molecule has 2 aliphatic rings. The molecule has 1 atom stereocenters. The van der Waals surface area contributed by atoms with Gasteiger partial charge in [0.2, 0.25) is 9.84 Å². The SMILES string of the molecule is COCCCN=C1CC2(O)c3c(ccc(Oc4cncc(C#N)c4)c31)S(=O)(=O)C2(F)F. The summed E-state index contributed by atoms with van der Waals surface area (Å²) < 4.78 is 65.3. The molecule has 8 nitrogen and oxygen atoms in total. The van der Waals surface area contributed by atoms with Crippen LogP contribution in [-0.2, 0) is 20.2 Å². The molecule has 2 heterocycles. The van der Waals surface area contributed by atoms with Crippen LogP contribution in [-0.4, -0.2) is 49.7 Å². The van der Waals surface area contributed by atoms with E-state index in [1.54, 1.807) is 0 Å². The molecule has 1 unspecified atom stereocenters. The van der Waals surface area contributed by atoms with Gasteiger partial charge in [0.25, 0.3) is 0 Å². The number of rotatable bonds is 6. The first-order valence-electron chi connectivity index (χ1n) is 9.25. The van der Waals surface area contributed by atoms with E-state index in [0.29, 0.717) is 13.0 Å². The number of nitriles is 1. The van der Waals surface area contributed by atoms with Gasteiger partial charge in [-0.15, -0.1) is 0 Å². The van der Waals surface area contributed by atoms with Crippen LogP contribution in [0.25, 0.3) is 0 Å². The van der Waals surface area contributed by atoms with Gasteiger partial charge in [-0.3, -0.25) is 9.98 Å². The zero-order valence-electron chi connectivity index (χ0n) is 16.3. The molecule has 1 aromatic carbocycles. The van der Waals surface area contributed by atoms with Crippen molar-refractivity contribution in [1.82, 2.24) is 4.98 Å². The first-order chi connectivity index (χ1) is 14.7. The summed E-state index contributed by atoms with van der Waals surface area (Å²) in [6.07, 6.45) is 2.48. The van der Waals surface area contributed by atoms with Gasteiger partial charge < -0.3 is 14.6 Å². The first-order valence-corrected chi connectivity index (χ1v) is 10.7. The molecule has 31 heavy (non-hydrogen) atoms. The standard InChI is InChI=1S/C20H17F2N3O5S/c1-29-6-2-5-25-14-8-19(26)18-16(31(27,28)20(19,21)22)4-3-15(17(14)18)30-13-7-12(9-23)10-24-11-13/h3-4,7,10-11,26H,2,5-6,8H2,1H3. The molecular weight excluding hydrogens is 432 g/mol. The first kappa shape index (κ1) is 21.3. The highest BCUT2D eigenvalue weighted by molar-refractivity contribution is 7.93. The van der Waals surface area contributed by atoms with Crippen molar-refractivity contribution in [3.05, 3.63) is 47.3 Å². The van der Waals surface area contributed by atoms with E-state index in [2.05, 4.69) is 9.98 Å². The number of hydrogen-bond donors (Lipinski definition) is 1. The molecule has 2 aromatic rings. The van der Waals surface area contributed by atoms with E-state index in [0.717, 1.165) is 6.07 Å². The van der Waals surface area contributed by atoms with E-state index in [1.807, 2.05) is 6.07 Å². The lowest BCUT2D eigenvalue weighted by Crippen LogP contribution is -2.44. The maximum absolute atomic E-state index is 14.9. The highest BCUT2D eigenvalue weighted by atomic mass is 32.2. The number of ether oxygens (including phenoxy) is 2. The lowest BCUT2D eigenvalue weighted by molar-refractivity contribution is -0.119. The van der Waals surface area contributed by atoms with E-state index in [1.165, 1.54) is 31.6 Å². The number of aliphatic imine (C=N–C) groups is 1. The lowest BCUT2D eigenvalue weighted by Gasteiger charge is -2.24. The van der Waals surface area contributed by atoms with Crippen molar-refractivity contribution in [3.8, 4) is 17.6 Å². The Morgan fingerprint density at radius 2 is 2.13 bits per heavy atom. The number of sulfone groups is 1. The van der Waals surface area contributed by atoms with Crippen molar-refractivity contribution in [2.45, 2.75) is 28.6 Å². The largest absolute Gasteiger partial charge is 0.455 e. The van der Waals surface area contributed by atoms with E-state index in [9.17, 15) is 22.3 Å². The van der Waals surface area contributed by atoms with Gasteiger partial charge in [0.15, 0.2) is 5.60 Å². The minimum atomic E-state index is -5.08. The Morgan fingerprint density at radius 1 is 1.35 bits per heavy atom. The van der Waals surface area contributed by atoms with Crippen LogP contribution < -0.4 is 4.74 Å². The molecule has 1 aliphatic carbocycles. The number of hydrogen-bond acceptors (Lipinski definition) is 8. The minimum Gasteiger partial charge on any atom is -0.455 e. The molecule has 1 aromatic heterocycles. The van der Waals surface area contributed by atoms with Crippen LogP contribution in [0.1, 0.15) is 29.5 Å². The Balaban J connectivity index is 1.88. The molecule has 1 aliphatic heterocycles. The number of methoxy groups -OCH3 is 1. The highest BCUT2D eigenvalue weighted by Gasteiger charge is 2.73. The average molecular weight is 449 g/mol. The molecule has 162 valence electrons. The summed E-state index contributed by atoms with van der Waals surface area (Å²) in [6.45, 7) is 0.626. The molecule has 0 saturated heterocycles. The molecule has 4 rings (SSSR count). The summed E-state index contributed by atoms with van der Waals surface area (Å²) in [6, 6.07) is 5.54. The summed E-state index contributed by atoms with van der Waals surface area (Å²) >= 11 is 0. The Kier molecular flexibility index (Phi) is 5.04. The molecule has 0 spiro atoms. The number of aromatic nitrogens is 1. The Morgan fingerprint density at radius 3 is 2.84 bits per heavy atom. The van der Waals surface area contributed by atoms with Crippen LogP contribution in [0.15, 0.2) is 40.5 Å². The van der Waals surface area contributed by atoms with E-state index in [4.69, 9.17) is 14.7 Å². The van der Waals surface area contributed by atoms with Crippen LogP contribution >= 0.6 is 0 Å². The van der Waals surface area contributed by atoms with Gasteiger partial charge in [0.1, 0.15) is 17.6 Å². The molecule has 11 heteroatoms. The van der Waals surface area contributed by atoms with Crippen molar-refractivity contribution in [2.75, 3.05) is 20.3 Å². The second kappa shape index (κ2) is 7.33. The number of halogens is 2. The number of alkyl halides is 2. The average Bonchev–Trinajstić information content (AvgIpc) is 3.10. The van der Waals surface area contributed by atoms with Crippen molar-refractivity contribution < 1.29 is 31.8 Å². The predicted molar refractivity (Wildman–Crippen MR) is 104 cm³/mol. The molecule has 1 N–H and O–H groups in total. The van der Waals surface area contributed by atoms with Crippen molar-refractivity contribution in [2.24, 2.45) is 4.99 Å². The van der Waals surface area contributed by atoms with E-state index >= 15 is 0 Å². The minimum absolute atomic E-state index is 0.0144. The van der Waals surface area contributed by atoms with Gasteiger partial charge in [0, 0.05) is 55.8 Å². The topological polar surface area (TPSA) is 122 Å². The van der Waals surface area contributed by atoms with Crippen molar-refractivity contribution in [3.63, 3.8) is 0 Å². The second-order valence-electron chi connectivity index (χ2n) is 7.17. The quantitative estimate of drug-likeness (QED) is 0.673. The predicted octanol–water partition coefficient (Wildman–Crippen LogP) is 2.54.